The van der Waals surface area contributed by atoms with Crippen LogP contribution in [0.25, 0.3) is 23.0 Å². The van der Waals surface area contributed by atoms with Gasteiger partial charge in [-0.15, -0.1) is 0 Å². The van der Waals surface area contributed by atoms with Gasteiger partial charge in [0.25, 0.3) is 5.91 Å². The summed E-state index contributed by atoms with van der Waals surface area (Å²) in [6.07, 6.45) is 4.68. The number of nitrogens with one attached hydrogen (secondary N) is 1. The van der Waals surface area contributed by atoms with Gasteiger partial charge in [-0.05, 0) is 42.5 Å². The highest BCUT2D eigenvalue weighted by Crippen LogP contribution is 2.26. The SMILES string of the molecule is N#Cc1ccccc1NC(=O)COC(=O)C=Cc1cn(-c2ccccc2)nc1-c1ccc(Br)cc1. The second kappa shape index (κ2) is 11.1. The maximum atomic E-state index is 12.3. The van der Waals surface area contributed by atoms with E-state index < -0.39 is 18.5 Å². The quantitative estimate of drug-likeness (QED) is 0.258. The summed E-state index contributed by atoms with van der Waals surface area (Å²) in [5, 5.41) is 16.4. The first-order chi connectivity index (χ1) is 17.0. The molecule has 0 aliphatic carbocycles. The van der Waals surface area contributed by atoms with Crippen molar-refractivity contribution in [1.29, 1.82) is 5.26 Å². The first kappa shape index (κ1) is 23.7. The highest BCUT2D eigenvalue weighted by atomic mass is 79.9. The van der Waals surface area contributed by atoms with Crippen LogP contribution in [0.4, 0.5) is 5.69 Å². The lowest BCUT2D eigenvalue weighted by Crippen LogP contribution is -2.20. The van der Waals surface area contributed by atoms with Crippen molar-refractivity contribution >= 4 is 39.6 Å². The number of hydrogen-bond acceptors (Lipinski definition) is 5. The van der Waals surface area contributed by atoms with Gasteiger partial charge in [-0.1, -0.05) is 58.4 Å². The molecule has 1 amide bonds. The minimum absolute atomic E-state index is 0.322. The van der Waals surface area contributed by atoms with Crippen LogP contribution in [0.2, 0.25) is 0 Å². The van der Waals surface area contributed by atoms with E-state index in [1.807, 2.05) is 66.9 Å². The molecule has 0 saturated carbocycles. The molecule has 3 aromatic carbocycles. The summed E-state index contributed by atoms with van der Waals surface area (Å²) in [7, 11) is 0. The molecule has 0 spiro atoms. The number of benzene rings is 3. The molecule has 0 saturated heterocycles. The zero-order chi connectivity index (χ0) is 24.6. The fraction of sp³-hybridized carbons (Fsp3) is 0.0370. The maximum Gasteiger partial charge on any atom is 0.331 e. The molecular formula is C27H19BrN4O3. The number of hydrogen-bond donors (Lipinski definition) is 1. The van der Waals surface area contributed by atoms with Gasteiger partial charge in [-0.2, -0.15) is 10.4 Å². The molecule has 0 aliphatic heterocycles. The topological polar surface area (TPSA) is 97.0 Å². The fourth-order valence-electron chi connectivity index (χ4n) is 3.27. The molecule has 1 heterocycles. The van der Waals surface area contributed by atoms with Gasteiger partial charge in [0.1, 0.15) is 6.07 Å². The standard InChI is InChI=1S/C27H19BrN4O3/c28-22-13-10-19(11-14-22)27-21(17-32(31-27)23-7-2-1-3-8-23)12-15-26(34)35-18-25(33)30-24-9-5-4-6-20(24)16-29/h1-15,17H,18H2,(H,30,33). The molecule has 4 aromatic rings. The summed E-state index contributed by atoms with van der Waals surface area (Å²) < 4.78 is 7.75. The third-order valence-corrected chi connectivity index (χ3v) is 5.48. The number of aromatic nitrogens is 2. The molecular weight excluding hydrogens is 508 g/mol. The van der Waals surface area contributed by atoms with Crippen molar-refractivity contribution in [2.24, 2.45) is 0 Å². The zero-order valence-corrected chi connectivity index (χ0v) is 20.0. The summed E-state index contributed by atoms with van der Waals surface area (Å²) in [4.78, 5) is 24.4. The van der Waals surface area contributed by atoms with Gasteiger partial charge in [0.05, 0.1) is 22.6 Å². The molecule has 4 rings (SSSR count). The van der Waals surface area contributed by atoms with Crippen LogP contribution in [0, 0.1) is 11.3 Å². The Morgan fingerprint density at radius 3 is 2.49 bits per heavy atom. The van der Waals surface area contributed by atoms with Gasteiger partial charge in [0, 0.05) is 27.9 Å². The van der Waals surface area contributed by atoms with Crippen molar-refractivity contribution in [3.63, 3.8) is 0 Å². The number of esters is 1. The average molecular weight is 527 g/mol. The minimum atomic E-state index is -0.678. The van der Waals surface area contributed by atoms with E-state index in [9.17, 15) is 9.59 Å². The van der Waals surface area contributed by atoms with E-state index in [-0.39, 0.29) is 0 Å². The van der Waals surface area contributed by atoms with Crippen LogP contribution in [0.15, 0.2) is 95.6 Å². The van der Waals surface area contributed by atoms with Crippen molar-refractivity contribution in [1.82, 2.24) is 9.78 Å². The average Bonchev–Trinajstić information content (AvgIpc) is 3.32. The van der Waals surface area contributed by atoms with E-state index in [2.05, 4.69) is 21.2 Å². The molecule has 0 aliphatic rings. The summed E-state index contributed by atoms with van der Waals surface area (Å²) in [6.45, 7) is -0.480. The van der Waals surface area contributed by atoms with Crippen molar-refractivity contribution < 1.29 is 14.3 Å². The second-order valence-corrected chi connectivity index (χ2v) is 8.28. The van der Waals surface area contributed by atoms with Gasteiger partial charge in [-0.3, -0.25) is 4.79 Å². The van der Waals surface area contributed by atoms with Gasteiger partial charge < -0.3 is 10.1 Å². The molecule has 1 aromatic heterocycles. The highest BCUT2D eigenvalue weighted by Gasteiger charge is 2.12. The maximum absolute atomic E-state index is 12.3. The third-order valence-electron chi connectivity index (χ3n) is 4.95. The first-order valence-electron chi connectivity index (χ1n) is 10.6. The first-order valence-corrected chi connectivity index (χ1v) is 11.4. The molecule has 0 atom stereocenters. The Morgan fingerprint density at radius 1 is 1.03 bits per heavy atom. The number of anilines is 1. The molecule has 1 N–H and O–H groups in total. The largest absolute Gasteiger partial charge is 0.452 e. The van der Waals surface area contributed by atoms with Crippen molar-refractivity contribution in [3.8, 4) is 23.0 Å². The number of carbonyl (C=O) groups is 2. The molecule has 0 radical (unpaired) electrons. The van der Waals surface area contributed by atoms with E-state index in [0.717, 1.165) is 15.7 Å². The Morgan fingerprint density at radius 2 is 1.74 bits per heavy atom. The molecule has 0 unspecified atom stereocenters. The number of nitriles is 1. The predicted molar refractivity (Wildman–Crippen MR) is 136 cm³/mol. The summed E-state index contributed by atoms with van der Waals surface area (Å²) in [5.41, 5.74) is 3.84. The number of halogens is 1. The molecule has 172 valence electrons. The van der Waals surface area contributed by atoms with Gasteiger partial charge in [0.2, 0.25) is 0 Å². The lowest BCUT2D eigenvalue weighted by molar-refractivity contribution is -0.142. The smallest absolute Gasteiger partial charge is 0.331 e. The normalized spacial score (nSPS) is 10.6. The van der Waals surface area contributed by atoms with Gasteiger partial charge >= 0.3 is 5.97 Å². The Labute approximate surface area is 210 Å². The van der Waals surface area contributed by atoms with Crippen LogP contribution >= 0.6 is 15.9 Å². The summed E-state index contributed by atoms with van der Waals surface area (Å²) >= 11 is 3.44. The van der Waals surface area contributed by atoms with Crippen LogP contribution in [-0.4, -0.2) is 28.3 Å². The Kier molecular flexibility index (Phi) is 7.50. The zero-order valence-electron chi connectivity index (χ0n) is 18.4. The summed E-state index contributed by atoms with van der Waals surface area (Å²) in [5.74, 6) is -1.22. The highest BCUT2D eigenvalue weighted by molar-refractivity contribution is 9.10. The number of amides is 1. The number of nitrogens with zero attached hydrogens (tertiary/aromatic N) is 3. The number of para-hydroxylation sites is 2. The van der Waals surface area contributed by atoms with E-state index in [4.69, 9.17) is 15.1 Å². The molecule has 35 heavy (non-hydrogen) atoms. The number of rotatable bonds is 7. The van der Waals surface area contributed by atoms with E-state index in [1.165, 1.54) is 6.08 Å². The molecule has 7 nitrogen and oxygen atoms in total. The van der Waals surface area contributed by atoms with Crippen LogP contribution in [0.1, 0.15) is 11.1 Å². The molecule has 0 bridgehead atoms. The Balaban J connectivity index is 1.48. The van der Waals surface area contributed by atoms with E-state index in [0.29, 0.717) is 22.5 Å². The number of carbonyl (C=O) groups excluding carboxylic acids is 2. The Hall–Kier alpha value is -4.48. The van der Waals surface area contributed by atoms with Crippen molar-refractivity contribution in [2.45, 2.75) is 0 Å². The van der Waals surface area contributed by atoms with E-state index >= 15 is 0 Å². The minimum Gasteiger partial charge on any atom is -0.452 e. The number of ether oxygens (including phenoxy) is 1. The van der Waals surface area contributed by atoms with Crippen molar-refractivity contribution in [3.05, 3.63) is 107 Å². The lowest BCUT2D eigenvalue weighted by atomic mass is 10.1. The Bertz CT molecular complexity index is 1420. The van der Waals surface area contributed by atoms with Crippen molar-refractivity contribution in [2.75, 3.05) is 11.9 Å². The predicted octanol–water partition coefficient (Wildman–Crippen LogP) is 5.37. The molecule has 0 fully saturated rings. The lowest BCUT2D eigenvalue weighted by Gasteiger charge is -2.06. The summed E-state index contributed by atoms with van der Waals surface area (Å²) in [6, 6.07) is 25.9. The van der Waals surface area contributed by atoms with Crippen LogP contribution in [0.5, 0.6) is 0 Å². The van der Waals surface area contributed by atoms with E-state index in [1.54, 1.807) is 35.0 Å². The molecule has 8 heteroatoms. The second-order valence-electron chi connectivity index (χ2n) is 7.37. The fourth-order valence-corrected chi connectivity index (χ4v) is 3.54. The van der Waals surface area contributed by atoms with Gasteiger partial charge in [-0.25, -0.2) is 9.48 Å². The van der Waals surface area contributed by atoms with Crippen LogP contribution in [0.3, 0.4) is 0 Å². The van der Waals surface area contributed by atoms with Crippen LogP contribution < -0.4 is 5.32 Å². The van der Waals surface area contributed by atoms with Gasteiger partial charge in [0.15, 0.2) is 6.61 Å². The monoisotopic (exact) mass is 526 g/mol. The third kappa shape index (κ3) is 6.10. The van der Waals surface area contributed by atoms with Crippen LogP contribution in [-0.2, 0) is 14.3 Å².